The van der Waals surface area contributed by atoms with Crippen molar-refractivity contribution in [2.45, 2.75) is 37.9 Å². The summed E-state index contributed by atoms with van der Waals surface area (Å²) in [6, 6.07) is 5.12. The van der Waals surface area contributed by atoms with Gasteiger partial charge >= 0.3 is 0 Å². The molecule has 0 unspecified atom stereocenters. The third-order valence-corrected chi connectivity index (χ3v) is 6.95. The van der Waals surface area contributed by atoms with E-state index in [1.165, 1.54) is 6.07 Å². The fourth-order valence-corrected chi connectivity index (χ4v) is 5.09. The lowest BCUT2D eigenvalue weighted by Gasteiger charge is -2.12. The molecule has 0 radical (unpaired) electrons. The van der Waals surface area contributed by atoms with Crippen LogP contribution in [0.2, 0.25) is 4.34 Å². The molecule has 164 valence electrons. The van der Waals surface area contributed by atoms with Gasteiger partial charge in [-0.15, -0.1) is 35.3 Å². The summed E-state index contributed by atoms with van der Waals surface area (Å²) in [7, 11) is -3.53. The van der Waals surface area contributed by atoms with Crippen LogP contribution in [0.15, 0.2) is 27.4 Å². The number of sulfonamides is 1. The summed E-state index contributed by atoms with van der Waals surface area (Å²) in [5.74, 6) is 0.661. The highest BCUT2D eigenvalue weighted by Gasteiger charge is 2.15. The minimum absolute atomic E-state index is 0. The fraction of sp³-hybridized carbons (Fsp3) is 0.529. The number of thiophene rings is 1. The standard InChI is InChI=1S/C17H27ClN6O2S2.HI/c1-4-19-17(20-8-5-11-24-14(3)12-13(2)23-24)21-9-10-22-28(25,26)16-7-6-15(18)27-16;/h6-7,12,22H,4-5,8-11H2,1-3H3,(H2,19,20,21);1H. The Bertz CT molecular complexity index is 898. The van der Waals surface area contributed by atoms with Crippen molar-refractivity contribution in [3.63, 3.8) is 0 Å². The molecule has 0 atom stereocenters. The van der Waals surface area contributed by atoms with Crippen molar-refractivity contribution >= 4 is 62.9 Å². The van der Waals surface area contributed by atoms with E-state index < -0.39 is 10.0 Å². The highest BCUT2D eigenvalue weighted by molar-refractivity contribution is 14.0. The Hall–Kier alpha value is -0.890. The van der Waals surface area contributed by atoms with Crippen molar-refractivity contribution in [3.8, 4) is 0 Å². The van der Waals surface area contributed by atoms with Gasteiger partial charge < -0.3 is 10.6 Å². The molecule has 2 heterocycles. The maximum Gasteiger partial charge on any atom is 0.250 e. The second-order valence-corrected chi connectivity index (χ2v) is 9.86. The first-order valence-corrected chi connectivity index (χ1v) is 11.8. The molecule has 0 amide bonds. The average Bonchev–Trinajstić information content (AvgIpc) is 3.21. The second kappa shape index (κ2) is 12.7. The summed E-state index contributed by atoms with van der Waals surface area (Å²) >= 11 is 6.83. The van der Waals surface area contributed by atoms with Crippen molar-refractivity contribution in [1.29, 1.82) is 0 Å². The molecular formula is C17H28ClIN6O2S2. The third kappa shape index (κ3) is 8.79. The van der Waals surface area contributed by atoms with E-state index in [1.54, 1.807) is 6.07 Å². The molecule has 2 aromatic rings. The number of hydrogen-bond acceptors (Lipinski definition) is 5. The Balaban J connectivity index is 0.00000420. The van der Waals surface area contributed by atoms with Gasteiger partial charge in [0, 0.05) is 38.4 Å². The van der Waals surface area contributed by atoms with Crippen molar-refractivity contribution in [3.05, 3.63) is 33.9 Å². The van der Waals surface area contributed by atoms with Crippen LogP contribution < -0.4 is 15.4 Å². The van der Waals surface area contributed by atoms with Crippen LogP contribution in [0.3, 0.4) is 0 Å². The van der Waals surface area contributed by atoms with Gasteiger partial charge in [-0.2, -0.15) is 5.10 Å². The number of halogens is 2. The molecule has 29 heavy (non-hydrogen) atoms. The SMILES string of the molecule is CCNC(=NCCCn1nc(C)cc1C)NCCNS(=O)(=O)c1ccc(Cl)s1.I. The van der Waals surface area contributed by atoms with E-state index in [1.807, 2.05) is 25.5 Å². The lowest BCUT2D eigenvalue weighted by Crippen LogP contribution is -2.41. The van der Waals surface area contributed by atoms with Crippen LogP contribution in [0.25, 0.3) is 0 Å². The minimum Gasteiger partial charge on any atom is -0.357 e. The zero-order chi connectivity index (χ0) is 20.6. The molecule has 0 aromatic carbocycles. The molecule has 12 heteroatoms. The van der Waals surface area contributed by atoms with E-state index in [4.69, 9.17) is 11.6 Å². The van der Waals surface area contributed by atoms with E-state index in [-0.39, 0.29) is 34.7 Å². The molecule has 0 fully saturated rings. The molecule has 3 N–H and O–H groups in total. The van der Waals surface area contributed by atoms with Crippen LogP contribution in [0.4, 0.5) is 0 Å². The van der Waals surface area contributed by atoms with Gasteiger partial charge in [0.05, 0.1) is 10.0 Å². The second-order valence-electron chi connectivity index (χ2n) is 6.15. The summed E-state index contributed by atoms with van der Waals surface area (Å²) < 4.78 is 29.5. The monoisotopic (exact) mass is 574 g/mol. The molecule has 2 aromatic heterocycles. The van der Waals surface area contributed by atoms with Crippen molar-refractivity contribution < 1.29 is 8.42 Å². The van der Waals surface area contributed by atoms with Gasteiger partial charge in [-0.3, -0.25) is 9.67 Å². The molecule has 0 saturated heterocycles. The molecule has 0 bridgehead atoms. The Labute approximate surface area is 198 Å². The maximum absolute atomic E-state index is 12.1. The van der Waals surface area contributed by atoms with Gasteiger partial charge in [-0.1, -0.05) is 11.6 Å². The van der Waals surface area contributed by atoms with Gasteiger partial charge in [-0.05, 0) is 45.4 Å². The molecular weight excluding hydrogens is 547 g/mol. The minimum atomic E-state index is -3.53. The molecule has 0 aliphatic rings. The smallest absolute Gasteiger partial charge is 0.250 e. The van der Waals surface area contributed by atoms with Crippen molar-refractivity contribution in [1.82, 2.24) is 25.1 Å². The molecule has 0 aliphatic heterocycles. The number of guanidine groups is 1. The van der Waals surface area contributed by atoms with Crippen LogP contribution in [0.1, 0.15) is 24.7 Å². The third-order valence-electron chi connectivity index (χ3n) is 3.77. The first-order valence-electron chi connectivity index (χ1n) is 9.10. The Morgan fingerprint density at radius 3 is 2.62 bits per heavy atom. The normalized spacial score (nSPS) is 11.9. The lowest BCUT2D eigenvalue weighted by atomic mass is 10.4. The Kier molecular flexibility index (Phi) is 11.5. The maximum atomic E-state index is 12.1. The topological polar surface area (TPSA) is 100 Å². The number of aryl methyl sites for hydroxylation is 3. The van der Waals surface area contributed by atoms with Gasteiger partial charge in [0.25, 0.3) is 0 Å². The van der Waals surface area contributed by atoms with E-state index >= 15 is 0 Å². The van der Waals surface area contributed by atoms with Crippen LogP contribution in [0, 0.1) is 13.8 Å². The van der Waals surface area contributed by atoms with Gasteiger partial charge in [0.1, 0.15) is 4.21 Å². The molecule has 0 saturated carbocycles. The number of nitrogens with zero attached hydrogens (tertiary/aromatic N) is 3. The van der Waals surface area contributed by atoms with Crippen LogP contribution in [-0.4, -0.2) is 50.3 Å². The van der Waals surface area contributed by atoms with E-state index in [0.29, 0.717) is 23.4 Å². The summed E-state index contributed by atoms with van der Waals surface area (Å²) in [5.41, 5.74) is 2.16. The molecule has 0 aliphatic carbocycles. The van der Waals surface area contributed by atoms with Gasteiger partial charge in [0.2, 0.25) is 10.0 Å². The van der Waals surface area contributed by atoms with Crippen molar-refractivity contribution in [2.24, 2.45) is 4.99 Å². The summed E-state index contributed by atoms with van der Waals surface area (Å²) in [5, 5.41) is 10.7. The fourth-order valence-electron chi connectivity index (χ4n) is 2.53. The Morgan fingerprint density at radius 2 is 2.03 bits per heavy atom. The summed E-state index contributed by atoms with van der Waals surface area (Å²) in [6.45, 7) is 8.85. The Morgan fingerprint density at radius 1 is 1.28 bits per heavy atom. The average molecular weight is 575 g/mol. The largest absolute Gasteiger partial charge is 0.357 e. The highest BCUT2D eigenvalue weighted by Crippen LogP contribution is 2.25. The zero-order valence-electron chi connectivity index (χ0n) is 16.7. The zero-order valence-corrected chi connectivity index (χ0v) is 21.5. The van der Waals surface area contributed by atoms with Crippen LogP contribution >= 0.6 is 46.9 Å². The van der Waals surface area contributed by atoms with Crippen molar-refractivity contribution in [2.75, 3.05) is 26.2 Å². The van der Waals surface area contributed by atoms with E-state index in [2.05, 4.69) is 31.5 Å². The van der Waals surface area contributed by atoms with Gasteiger partial charge in [-0.25, -0.2) is 13.1 Å². The number of nitrogens with one attached hydrogen (secondary N) is 3. The molecule has 2 rings (SSSR count). The first kappa shape index (κ1) is 26.1. The van der Waals surface area contributed by atoms with E-state index in [0.717, 1.165) is 42.2 Å². The highest BCUT2D eigenvalue weighted by atomic mass is 127. The predicted octanol–water partition coefficient (Wildman–Crippen LogP) is 2.76. The summed E-state index contributed by atoms with van der Waals surface area (Å²) in [6.07, 6.45) is 0.865. The predicted molar refractivity (Wildman–Crippen MR) is 130 cm³/mol. The molecule has 8 nitrogen and oxygen atoms in total. The van der Waals surface area contributed by atoms with Gasteiger partial charge in [0.15, 0.2) is 5.96 Å². The number of rotatable bonds is 10. The molecule has 0 spiro atoms. The van der Waals surface area contributed by atoms with E-state index in [9.17, 15) is 8.42 Å². The van der Waals surface area contributed by atoms with Crippen LogP contribution in [-0.2, 0) is 16.6 Å². The number of aliphatic imine (C=N–C) groups is 1. The quantitative estimate of drug-likeness (QED) is 0.175. The first-order chi connectivity index (χ1) is 13.3. The van der Waals surface area contributed by atoms with Crippen LogP contribution in [0.5, 0.6) is 0 Å². The lowest BCUT2D eigenvalue weighted by molar-refractivity contribution is 0.566. The summed E-state index contributed by atoms with van der Waals surface area (Å²) in [4.78, 5) is 4.52. The number of aromatic nitrogens is 2. The number of hydrogen-bond donors (Lipinski definition) is 3.